The van der Waals surface area contributed by atoms with Crippen molar-refractivity contribution in [1.29, 1.82) is 0 Å². The molecule has 2 rings (SSSR count). The molecule has 0 saturated carbocycles. The van der Waals surface area contributed by atoms with Gasteiger partial charge in [-0.1, -0.05) is 6.07 Å². The molecule has 1 unspecified atom stereocenters. The van der Waals surface area contributed by atoms with Crippen LogP contribution < -0.4 is 9.47 Å². The Hall–Kier alpha value is -1.25. The molecule has 0 N–H and O–H groups in total. The molecule has 1 aliphatic heterocycles. The third kappa shape index (κ3) is 1.02. The van der Waals surface area contributed by atoms with Crippen molar-refractivity contribution in [3.63, 3.8) is 0 Å². The van der Waals surface area contributed by atoms with Gasteiger partial charge in [0.1, 0.15) is 0 Å². The minimum absolute atomic E-state index is 0.475. The predicted molar refractivity (Wildman–Crippen MR) is 37.3 cm³/mol. The van der Waals surface area contributed by atoms with E-state index in [4.69, 9.17) is 4.74 Å². The van der Waals surface area contributed by atoms with E-state index >= 15 is 0 Å². The molecule has 1 heterocycles. The van der Waals surface area contributed by atoms with Crippen molar-refractivity contribution in [2.75, 3.05) is 0 Å². The molecule has 1 aromatic carbocycles. The lowest BCUT2D eigenvalue weighted by Gasteiger charge is -1.95. The van der Waals surface area contributed by atoms with Gasteiger partial charge >= 0.3 is 6.54 Å². The van der Waals surface area contributed by atoms with Gasteiger partial charge in [-0.2, -0.15) is 4.39 Å². The van der Waals surface area contributed by atoms with E-state index in [-0.39, 0.29) is 0 Å². The summed E-state index contributed by atoms with van der Waals surface area (Å²) in [6.45, 7) is 0.279. The monoisotopic (exact) mass is 154 g/mol. The Morgan fingerprint density at radius 2 is 2.00 bits per heavy atom. The quantitative estimate of drug-likeness (QED) is 0.569. The molecular weight excluding hydrogens is 147 g/mol. The number of aryl methyl sites for hydroxylation is 1. The summed E-state index contributed by atoms with van der Waals surface area (Å²) in [4.78, 5) is 0. The predicted octanol–water partition coefficient (Wildman–Crippen LogP) is 2.02. The molecule has 0 bridgehead atoms. The third-order valence-corrected chi connectivity index (χ3v) is 1.54. The van der Waals surface area contributed by atoms with E-state index in [1.54, 1.807) is 12.1 Å². The smallest absolute Gasteiger partial charge is 0.397 e. The minimum atomic E-state index is -1.63. The average molecular weight is 154 g/mol. The number of benzene rings is 1. The summed E-state index contributed by atoms with van der Waals surface area (Å²) in [5.74, 6) is 0.959. The van der Waals surface area contributed by atoms with Crippen molar-refractivity contribution < 1.29 is 13.9 Å². The Bertz CT molecular complexity index is 285. The second kappa shape index (κ2) is 2.12. The highest BCUT2D eigenvalue weighted by Crippen LogP contribution is 2.35. The summed E-state index contributed by atoms with van der Waals surface area (Å²) in [7, 11) is 0. The highest BCUT2D eigenvalue weighted by atomic mass is 19.2. The van der Waals surface area contributed by atoms with Gasteiger partial charge in [0.15, 0.2) is 11.5 Å². The summed E-state index contributed by atoms with van der Waals surface area (Å²) in [5, 5.41) is 0. The van der Waals surface area contributed by atoms with Gasteiger partial charge < -0.3 is 9.47 Å². The number of halogens is 1. The van der Waals surface area contributed by atoms with Crippen molar-refractivity contribution in [2.24, 2.45) is 0 Å². The molecule has 0 aromatic heterocycles. The van der Waals surface area contributed by atoms with E-state index in [1.165, 1.54) is 0 Å². The van der Waals surface area contributed by atoms with E-state index in [9.17, 15) is 4.39 Å². The highest BCUT2D eigenvalue weighted by molar-refractivity contribution is 5.44. The summed E-state index contributed by atoms with van der Waals surface area (Å²) in [6.07, 6.45) is 0. The Kier molecular flexibility index (Phi) is 1.24. The van der Waals surface area contributed by atoms with Crippen molar-refractivity contribution in [3.05, 3.63) is 23.8 Å². The Balaban J connectivity index is 2.43. The maximum Gasteiger partial charge on any atom is 0.397 e. The molecule has 3 heteroatoms. The summed E-state index contributed by atoms with van der Waals surface area (Å²) >= 11 is 0. The SMILES string of the molecule is Cc1ccc2c(c1)OC(F)O2. The standard InChI is InChI=1S/C8H7FO2/c1-5-2-3-6-7(4-5)11-8(9)10-6/h2-4,8H,1H3. The Morgan fingerprint density at radius 1 is 1.27 bits per heavy atom. The van der Waals surface area contributed by atoms with Gasteiger partial charge in [0.05, 0.1) is 0 Å². The van der Waals surface area contributed by atoms with Crippen LogP contribution in [0.4, 0.5) is 4.39 Å². The van der Waals surface area contributed by atoms with Crippen molar-refractivity contribution in [1.82, 2.24) is 0 Å². The molecule has 1 aromatic rings. The molecular formula is C8H7FO2. The molecule has 0 fully saturated rings. The normalized spacial score (nSPS) is 20.4. The van der Waals surface area contributed by atoms with Gasteiger partial charge in [-0.3, -0.25) is 0 Å². The second-order valence-electron chi connectivity index (χ2n) is 2.46. The molecule has 11 heavy (non-hydrogen) atoms. The fourth-order valence-electron chi connectivity index (χ4n) is 1.03. The van der Waals surface area contributed by atoms with E-state index in [0.717, 1.165) is 5.56 Å². The van der Waals surface area contributed by atoms with Gasteiger partial charge in [-0.15, -0.1) is 0 Å². The summed E-state index contributed by atoms with van der Waals surface area (Å²) < 4.78 is 21.8. The van der Waals surface area contributed by atoms with Gasteiger partial charge in [-0.05, 0) is 24.6 Å². The lowest BCUT2D eigenvalue weighted by Crippen LogP contribution is -2.09. The van der Waals surface area contributed by atoms with Crippen LogP contribution in [0, 0.1) is 6.92 Å². The number of rotatable bonds is 0. The van der Waals surface area contributed by atoms with Gasteiger partial charge in [0.2, 0.25) is 0 Å². The number of fused-ring (bicyclic) bond motifs is 1. The van der Waals surface area contributed by atoms with Crippen molar-refractivity contribution >= 4 is 0 Å². The first-order valence-corrected chi connectivity index (χ1v) is 3.34. The van der Waals surface area contributed by atoms with Crippen LogP contribution in [0.3, 0.4) is 0 Å². The lowest BCUT2D eigenvalue weighted by molar-refractivity contribution is -0.0652. The number of ether oxygens (including phenoxy) is 2. The molecule has 0 spiro atoms. The van der Waals surface area contributed by atoms with Crippen LogP contribution in [0.15, 0.2) is 18.2 Å². The van der Waals surface area contributed by atoms with Crippen LogP contribution in [0.2, 0.25) is 0 Å². The number of alkyl halides is 1. The second-order valence-corrected chi connectivity index (χ2v) is 2.46. The van der Waals surface area contributed by atoms with E-state index in [0.29, 0.717) is 11.5 Å². The van der Waals surface area contributed by atoms with E-state index < -0.39 is 6.54 Å². The van der Waals surface area contributed by atoms with Gasteiger partial charge in [0.25, 0.3) is 0 Å². The summed E-state index contributed by atoms with van der Waals surface area (Å²) in [5.41, 5.74) is 1.03. The number of hydrogen-bond acceptors (Lipinski definition) is 2. The molecule has 1 atom stereocenters. The zero-order chi connectivity index (χ0) is 7.84. The first-order chi connectivity index (χ1) is 5.25. The summed E-state index contributed by atoms with van der Waals surface area (Å²) in [6, 6.07) is 5.29. The molecule has 0 saturated heterocycles. The van der Waals surface area contributed by atoms with Crippen molar-refractivity contribution in [2.45, 2.75) is 13.5 Å². The van der Waals surface area contributed by atoms with Crippen LogP contribution in [0.5, 0.6) is 11.5 Å². The third-order valence-electron chi connectivity index (χ3n) is 1.54. The Morgan fingerprint density at radius 3 is 2.82 bits per heavy atom. The molecule has 58 valence electrons. The first kappa shape index (κ1) is 6.46. The largest absolute Gasteiger partial charge is 0.425 e. The van der Waals surface area contributed by atoms with E-state index in [2.05, 4.69) is 4.74 Å². The van der Waals surface area contributed by atoms with Crippen LogP contribution in [0.25, 0.3) is 0 Å². The minimum Gasteiger partial charge on any atom is -0.425 e. The van der Waals surface area contributed by atoms with Crippen LogP contribution >= 0.6 is 0 Å². The van der Waals surface area contributed by atoms with Gasteiger partial charge in [0, 0.05) is 0 Å². The molecule has 2 nitrogen and oxygen atoms in total. The maximum atomic E-state index is 12.4. The molecule has 0 radical (unpaired) electrons. The first-order valence-electron chi connectivity index (χ1n) is 3.34. The molecule has 0 aliphatic carbocycles. The Labute approximate surface area is 63.5 Å². The zero-order valence-corrected chi connectivity index (χ0v) is 6.00. The fourth-order valence-corrected chi connectivity index (χ4v) is 1.03. The van der Waals surface area contributed by atoms with E-state index in [1.807, 2.05) is 13.0 Å². The highest BCUT2D eigenvalue weighted by Gasteiger charge is 2.22. The molecule has 0 amide bonds. The van der Waals surface area contributed by atoms with Crippen molar-refractivity contribution in [3.8, 4) is 11.5 Å². The lowest BCUT2D eigenvalue weighted by atomic mass is 10.2. The zero-order valence-electron chi connectivity index (χ0n) is 6.00. The van der Waals surface area contributed by atoms with Crippen LogP contribution in [-0.2, 0) is 0 Å². The van der Waals surface area contributed by atoms with Crippen LogP contribution in [0.1, 0.15) is 5.56 Å². The van der Waals surface area contributed by atoms with Gasteiger partial charge in [-0.25, -0.2) is 0 Å². The fraction of sp³-hybridized carbons (Fsp3) is 0.250. The number of hydrogen-bond donors (Lipinski definition) is 0. The maximum absolute atomic E-state index is 12.4. The molecule has 1 aliphatic rings. The topological polar surface area (TPSA) is 18.5 Å². The average Bonchev–Trinajstić information content (AvgIpc) is 2.27. The van der Waals surface area contributed by atoms with Crippen LogP contribution in [-0.4, -0.2) is 6.54 Å².